The summed E-state index contributed by atoms with van der Waals surface area (Å²) in [5, 5.41) is 14.2. The van der Waals surface area contributed by atoms with Gasteiger partial charge < -0.3 is 20.6 Å². The van der Waals surface area contributed by atoms with Gasteiger partial charge in [-0.2, -0.15) is 13.2 Å². The molecule has 36 heavy (non-hydrogen) atoms. The van der Waals surface area contributed by atoms with Gasteiger partial charge in [0.2, 0.25) is 5.91 Å². The van der Waals surface area contributed by atoms with E-state index in [0.29, 0.717) is 0 Å². The van der Waals surface area contributed by atoms with Crippen LogP contribution in [0.1, 0.15) is 35.1 Å². The lowest BCUT2D eigenvalue weighted by Gasteiger charge is -2.30. The fourth-order valence-electron chi connectivity index (χ4n) is 4.67. The lowest BCUT2D eigenvalue weighted by Crippen LogP contribution is -2.41. The number of hydrogen-bond acceptors (Lipinski definition) is 4. The standard InChI is InChI=1S/C26H31F3N4O3/c27-26(28,29)22-6-2-1-4-20(22)17-33(13-11-30-25(35)36)24(34)14-31-23-7-3-5-19-16-32(12-10-21(19)23)15-18-8-9-18/h1-7,18,30-31H,8-17H2,(H,35,36). The Balaban J connectivity index is 1.44. The van der Waals surface area contributed by atoms with Crippen molar-refractivity contribution in [1.29, 1.82) is 0 Å². The SMILES string of the molecule is O=C(O)NCCN(Cc1ccccc1C(F)(F)F)C(=O)CNc1cccc2c1CCN(CC1CC1)C2. The Hall–Kier alpha value is -3.27. The van der Waals surface area contributed by atoms with Crippen LogP contribution >= 0.6 is 0 Å². The predicted octanol–water partition coefficient (Wildman–Crippen LogP) is 4.18. The minimum Gasteiger partial charge on any atom is -0.465 e. The second-order valence-electron chi connectivity index (χ2n) is 9.43. The maximum Gasteiger partial charge on any atom is 0.416 e. The molecular formula is C26H31F3N4O3. The molecule has 194 valence electrons. The van der Waals surface area contributed by atoms with Crippen LogP contribution in [0.15, 0.2) is 42.5 Å². The van der Waals surface area contributed by atoms with Crippen molar-refractivity contribution in [2.24, 2.45) is 5.92 Å². The van der Waals surface area contributed by atoms with Crippen LogP contribution in [-0.4, -0.2) is 59.6 Å². The third-order valence-electron chi connectivity index (χ3n) is 6.68. The summed E-state index contributed by atoms with van der Waals surface area (Å²) in [5.41, 5.74) is 2.39. The first kappa shape index (κ1) is 25.8. The zero-order valence-electron chi connectivity index (χ0n) is 20.0. The van der Waals surface area contributed by atoms with Gasteiger partial charge in [-0.15, -0.1) is 0 Å². The topological polar surface area (TPSA) is 84.9 Å². The zero-order chi connectivity index (χ0) is 25.7. The first-order valence-electron chi connectivity index (χ1n) is 12.2. The van der Waals surface area contributed by atoms with E-state index in [0.717, 1.165) is 43.7 Å². The smallest absolute Gasteiger partial charge is 0.416 e. The normalized spacial score (nSPS) is 15.8. The molecule has 7 nitrogen and oxygen atoms in total. The number of halogens is 3. The average Bonchev–Trinajstić information content (AvgIpc) is 3.65. The molecule has 1 aliphatic heterocycles. The van der Waals surface area contributed by atoms with E-state index in [4.69, 9.17) is 5.11 Å². The Kier molecular flexibility index (Phi) is 8.03. The molecule has 0 atom stereocenters. The van der Waals surface area contributed by atoms with E-state index >= 15 is 0 Å². The first-order valence-corrected chi connectivity index (χ1v) is 12.2. The number of nitrogens with zero attached hydrogens (tertiary/aromatic N) is 2. The summed E-state index contributed by atoms with van der Waals surface area (Å²) >= 11 is 0. The van der Waals surface area contributed by atoms with Crippen molar-refractivity contribution in [1.82, 2.24) is 15.1 Å². The van der Waals surface area contributed by atoms with Gasteiger partial charge in [0.1, 0.15) is 0 Å². The van der Waals surface area contributed by atoms with Crippen molar-refractivity contribution < 1.29 is 27.9 Å². The van der Waals surface area contributed by atoms with Gasteiger partial charge in [-0.3, -0.25) is 9.69 Å². The summed E-state index contributed by atoms with van der Waals surface area (Å²) in [6.07, 6.45) is -2.34. The number of rotatable bonds is 10. The van der Waals surface area contributed by atoms with Crippen LogP contribution in [0.25, 0.3) is 0 Å². The third-order valence-corrected chi connectivity index (χ3v) is 6.68. The first-order chi connectivity index (χ1) is 17.2. The molecule has 2 aromatic carbocycles. The van der Waals surface area contributed by atoms with Crippen LogP contribution in [0.5, 0.6) is 0 Å². The van der Waals surface area contributed by atoms with Crippen LogP contribution in [0.3, 0.4) is 0 Å². The van der Waals surface area contributed by atoms with Gasteiger partial charge >= 0.3 is 12.3 Å². The van der Waals surface area contributed by atoms with E-state index in [1.807, 2.05) is 12.1 Å². The Morgan fingerprint density at radius 2 is 1.89 bits per heavy atom. The third kappa shape index (κ3) is 6.90. The summed E-state index contributed by atoms with van der Waals surface area (Å²) < 4.78 is 40.4. The molecule has 1 saturated carbocycles. The molecule has 2 aliphatic rings. The molecule has 1 aliphatic carbocycles. The van der Waals surface area contributed by atoms with E-state index in [-0.39, 0.29) is 31.7 Å². The monoisotopic (exact) mass is 504 g/mol. The van der Waals surface area contributed by atoms with E-state index in [1.165, 1.54) is 47.1 Å². The number of hydrogen-bond donors (Lipinski definition) is 3. The van der Waals surface area contributed by atoms with Crippen LogP contribution in [0.4, 0.5) is 23.7 Å². The molecule has 3 N–H and O–H groups in total. The number of carbonyl (C=O) groups is 2. The number of nitrogens with one attached hydrogen (secondary N) is 2. The molecule has 0 spiro atoms. The maximum atomic E-state index is 13.5. The van der Waals surface area contributed by atoms with Crippen molar-refractivity contribution in [2.75, 3.05) is 38.0 Å². The molecule has 0 bridgehead atoms. The highest BCUT2D eigenvalue weighted by Gasteiger charge is 2.33. The Morgan fingerprint density at radius 1 is 1.11 bits per heavy atom. The highest BCUT2D eigenvalue weighted by atomic mass is 19.4. The summed E-state index contributed by atoms with van der Waals surface area (Å²) in [5.74, 6) is 0.400. The second-order valence-corrected chi connectivity index (χ2v) is 9.43. The minimum atomic E-state index is -4.56. The molecule has 0 aromatic heterocycles. The summed E-state index contributed by atoms with van der Waals surface area (Å²) in [4.78, 5) is 27.7. The number of amides is 2. The number of fused-ring (bicyclic) bond motifs is 1. The molecule has 4 rings (SSSR count). The summed E-state index contributed by atoms with van der Waals surface area (Å²) in [7, 11) is 0. The number of anilines is 1. The fourth-order valence-corrected chi connectivity index (χ4v) is 4.67. The van der Waals surface area contributed by atoms with Gasteiger partial charge in [-0.1, -0.05) is 30.3 Å². The van der Waals surface area contributed by atoms with Crippen molar-refractivity contribution in [3.8, 4) is 0 Å². The van der Waals surface area contributed by atoms with Gasteiger partial charge in [0.15, 0.2) is 0 Å². The molecule has 2 amide bonds. The molecule has 0 saturated heterocycles. The van der Waals surface area contributed by atoms with Crippen molar-refractivity contribution in [2.45, 2.75) is 38.5 Å². The summed E-state index contributed by atoms with van der Waals surface area (Å²) in [6.45, 7) is 2.42. The zero-order valence-corrected chi connectivity index (χ0v) is 20.0. The Bertz CT molecular complexity index is 1090. The van der Waals surface area contributed by atoms with Crippen LogP contribution in [0.2, 0.25) is 0 Å². The Morgan fingerprint density at radius 3 is 2.61 bits per heavy atom. The van der Waals surface area contributed by atoms with E-state index in [1.54, 1.807) is 0 Å². The van der Waals surface area contributed by atoms with Crippen molar-refractivity contribution in [3.05, 3.63) is 64.7 Å². The lowest BCUT2D eigenvalue weighted by molar-refractivity contribution is -0.139. The molecule has 1 heterocycles. The Labute approximate surface area is 208 Å². The van der Waals surface area contributed by atoms with Gasteiger partial charge in [0.25, 0.3) is 0 Å². The average molecular weight is 505 g/mol. The van der Waals surface area contributed by atoms with Crippen molar-refractivity contribution in [3.63, 3.8) is 0 Å². The molecule has 1 fully saturated rings. The molecule has 0 radical (unpaired) electrons. The number of benzene rings is 2. The predicted molar refractivity (Wildman–Crippen MR) is 130 cm³/mol. The van der Waals surface area contributed by atoms with Gasteiger partial charge in [-0.25, -0.2) is 4.79 Å². The largest absolute Gasteiger partial charge is 0.465 e. The molecule has 2 aromatic rings. The summed E-state index contributed by atoms with van der Waals surface area (Å²) in [6, 6.07) is 11.1. The van der Waals surface area contributed by atoms with E-state index < -0.39 is 23.7 Å². The molecule has 0 unspecified atom stereocenters. The minimum absolute atomic E-state index is 0.0403. The van der Waals surface area contributed by atoms with E-state index in [9.17, 15) is 22.8 Å². The quantitative estimate of drug-likeness (QED) is 0.452. The fraction of sp³-hybridized carbons (Fsp3) is 0.462. The van der Waals surface area contributed by atoms with Crippen molar-refractivity contribution >= 4 is 17.7 Å². The van der Waals surface area contributed by atoms with Gasteiger partial charge in [0, 0.05) is 45.0 Å². The van der Waals surface area contributed by atoms with Gasteiger partial charge in [-0.05, 0) is 54.0 Å². The number of carbonyl (C=O) groups excluding carboxylic acids is 1. The highest BCUT2D eigenvalue weighted by molar-refractivity contribution is 5.81. The van der Waals surface area contributed by atoms with E-state index in [2.05, 4.69) is 21.6 Å². The molecular weight excluding hydrogens is 473 g/mol. The molecule has 10 heteroatoms. The van der Waals surface area contributed by atoms with Crippen LogP contribution in [-0.2, 0) is 30.5 Å². The maximum absolute atomic E-state index is 13.5. The number of carboxylic acid groups (broad SMARTS) is 1. The van der Waals surface area contributed by atoms with Gasteiger partial charge in [0.05, 0.1) is 12.1 Å². The lowest BCUT2D eigenvalue weighted by atomic mass is 9.97. The highest BCUT2D eigenvalue weighted by Crippen LogP contribution is 2.34. The van der Waals surface area contributed by atoms with Crippen LogP contribution < -0.4 is 10.6 Å². The number of alkyl halides is 3. The van der Waals surface area contributed by atoms with Crippen LogP contribution in [0, 0.1) is 5.92 Å². The second kappa shape index (κ2) is 11.2.